The van der Waals surface area contributed by atoms with Crippen LogP contribution in [-0.4, -0.2) is 21.5 Å². The molecule has 0 atom stereocenters. The van der Waals surface area contributed by atoms with E-state index in [1.807, 2.05) is 10.9 Å². The fourth-order valence-electron chi connectivity index (χ4n) is 1.55. The average molecular weight is 295 g/mol. The van der Waals surface area contributed by atoms with Gasteiger partial charge < -0.3 is 5.73 Å². The standard InChI is InChI=1S/C12H15BrN4/c1-9-3-4-10(7-11(9)13)12-8-17(16-15-12)6-2-5-14/h3-4,7-8H,2,5-6,14H2,1H3. The molecule has 2 aromatic rings. The highest BCUT2D eigenvalue weighted by Gasteiger charge is 2.05. The van der Waals surface area contributed by atoms with Gasteiger partial charge in [0, 0.05) is 16.6 Å². The molecule has 0 fully saturated rings. The van der Waals surface area contributed by atoms with Gasteiger partial charge in [-0.15, -0.1) is 5.10 Å². The molecule has 5 heteroatoms. The Balaban J connectivity index is 2.21. The van der Waals surface area contributed by atoms with E-state index in [1.54, 1.807) is 0 Å². The molecule has 0 spiro atoms. The summed E-state index contributed by atoms with van der Waals surface area (Å²) in [5.41, 5.74) is 8.64. The average Bonchev–Trinajstić information content (AvgIpc) is 2.79. The highest BCUT2D eigenvalue weighted by atomic mass is 79.9. The molecule has 0 saturated carbocycles. The lowest BCUT2D eigenvalue weighted by Gasteiger charge is -2.00. The lowest BCUT2D eigenvalue weighted by Crippen LogP contribution is -2.06. The molecule has 1 aromatic heterocycles. The predicted molar refractivity (Wildman–Crippen MR) is 71.6 cm³/mol. The summed E-state index contributed by atoms with van der Waals surface area (Å²) in [7, 11) is 0. The number of nitrogens with zero attached hydrogens (tertiary/aromatic N) is 3. The first-order valence-electron chi connectivity index (χ1n) is 5.57. The van der Waals surface area contributed by atoms with Crippen LogP contribution in [0.5, 0.6) is 0 Å². The van der Waals surface area contributed by atoms with Crippen molar-refractivity contribution >= 4 is 15.9 Å². The van der Waals surface area contributed by atoms with Crippen molar-refractivity contribution in [3.05, 3.63) is 34.4 Å². The largest absolute Gasteiger partial charge is 0.330 e. The zero-order valence-electron chi connectivity index (χ0n) is 9.73. The summed E-state index contributed by atoms with van der Waals surface area (Å²) in [5.74, 6) is 0. The van der Waals surface area contributed by atoms with Crippen LogP contribution >= 0.6 is 15.9 Å². The predicted octanol–water partition coefficient (Wildman–Crippen LogP) is 2.36. The number of aryl methyl sites for hydroxylation is 2. The third-order valence-corrected chi connectivity index (χ3v) is 3.45. The van der Waals surface area contributed by atoms with Crippen molar-refractivity contribution in [2.24, 2.45) is 5.73 Å². The molecule has 0 saturated heterocycles. The minimum absolute atomic E-state index is 0.672. The molecule has 0 unspecified atom stereocenters. The third kappa shape index (κ3) is 2.92. The molecule has 4 nitrogen and oxygen atoms in total. The smallest absolute Gasteiger partial charge is 0.113 e. The van der Waals surface area contributed by atoms with Gasteiger partial charge in [0.25, 0.3) is 0 Å². The van der Waals surface area contributed by atoms with Crippen LogP contribution in [0.15, 0.2) is 28.9 Å². The lowest BCUT2D eigenvalue weighted by atomic mass is 10.1. The Morgan fingerprint density at radius 2 is 2.24 bits per heavy atom. The van der Waals surface area contributed by atoms with Gasteiger partial charge in [0.15, 0.2) is 0 Å². The van der Waals surface area contributed by atoms with Gasteiger partial charge in [-0.2, -0.15) is 0 Å². The van der Waals surface area contributed by atoms with Crippen LogP contribution in [0.3, 0.4) is 0 Å². The van der Waals surface area contributed by atoms with Crippen LogP contribution in [0, 0.1) is 6.92 Å². The molecule has 90 valence electrons. The van der Waals surface area contributed by atoms with Gasteiger partial charge in [0.1, 0.15) is 5.69 Å². The van der Waals surface area contributed by atoms with Crippen molar-refractivity contribution in [3.63, 3.8) is 0 Å². The van der Waals surface area contributed by atoms with Gasteiger partial charge in [0.05, 0.1) is 6.20 Å². The molecule has 17 heavy (non-hydrogen) atoms. The highest BCUT2D eigenvalue weighted by Crippen LogP contribution is 2.23. The van der Waals surface area contributed by atoms with E-state index in [4.69, 9.17) is 5.73 Å². The number of halogens is 1. The Morgan fingerprint density at radius 1 is 1.41 bits per heavy atom. The first-order valence-corrected chi connectivity index (χ1v) is 6.36. The van der Waals surface area contributed by atoms with Gasteiger partial charge in [-0.05, 0) is 31.5 Å². The molecule has 0 amide bonds. The van der Waals surface area contributed by atoms with E-state index in [2.05, 4.69) is 51.4 Å². The maximum absolute atomic E-state index is 5.46. The van der Waals surface area contributed by atoms with Crippen LogP contribution in [0.1, 0.15) is 12.0 Å². The summed E-state index contributed by atoms with van der Waals surface area (Å²) in [6.45, 7) is 3.55. The number of hydrogen-bond donors (Lipinski definition) is 1. The molecular weight excluding hydrogens is 280 g/mol. The zero-order valence-corrected chi connectivity index (χ0v) is 11.3. The Hall–Kier alpha value is -1.20. The second kappa shape index (κ2) is 5.42. The SMILES string of the molecule is Cc1ccc(-c2cn(CCCN)nn2)cc1Br. The summed E-state index contributed by atoms with van der Waals surface area (Å²) in [4.78, 5) is 0. The second-order valence-corrected chi connectivity index (χ2v) is 4.83. The van der Waals surface area contributed by atoms with Gasteiger partial charge in [-0.1, -0.05) is 33.3 Å². The monoisotopic (exact) mass is 294 g/mol. The van der Waals surface area contributed by atoms with E-state index in [0.29, 0.717) is 6.54 Å². The van der Waals surface area contributed by atoms with E-state index in [-0.39, 0.29) is 0 Å². The fraction of sp³-hybridized carbons (Fsp3) is 0.333. The Kier molecular flexibility index (Phi) is 3.91. The Labute approximate surface area is 109 Å². The number of aromatic nitrogens is 3. The number of rotatable bonds is 4. The maximum atomic E-state index is 5.46. The van der Waals surface area contributed by atoms with Gasteiger partial charge in [-0.3, -0.25) is 4.68 Å². The van der Waals surface area contributed by atoms with Crippen LogP contribution in [0.4, 0.5) is 0 Å². The molecule has 2 rings (SSSR count). The van der Waals surface area contributed by atoms with Crippen molar-refractivity contribution in [2.75, 3.05) is 6.54 Å². The highest BCUT2D eigenvalue weighted by molar-refractivity contribution is 9.10. The molecule has 0 aliphatic heterocycles. The molecule has 2 N–H and O–H groups in total. The molecular formula is C12H15BrN4. The summed E-state index contributed by atoms with van der Waals surface area (Å²) in [5, 5.41) is 8.24. The minimum atomic E-state index is 0.672. The number of hydrogen-bond acceptors (Lipinski definition) is 3. The fourth-order valence-corrected chi connectivity index (χ4v) is 1.92. The first-order chi connectivity index (χ1) is 8.20. The zero-order chi connectivity index (χ0) is 12.3. The third-order valence-electron chi connectivity index (χ3n) is 2.60. The summed E-state index contributed by atoms with van der Waals surface area (Å²) < 4.78 is 2.92. The maximum Gasteiger partial charge on any atom is 0.113 e. The molecule has 1 heterocycles. The van der Waals surface area contributed by atoms with E-state index in [1.165, 1.54) is 5.56 Å². The van der Waals surface area contributed by atoms with Crippen molar-refractivity contribution in [3.8, 4) is 11.3 Å². The van der Waals surface area contributed by atoms with Crippen molar-refractivity contribution < 1.29 is 0 Å². The van der Waals surface area contributed by atoms with E-state index < -0.39 is 0 Å². The van der Waals surface area contributed by atoms with Crippen molar-refractivity contribution in [2.45, 2.75) is 19.9 Å². The van der Waals surface area contributed by atoms with Gasteiger partial charge in [-0.25, -0.2) is 0 Å². The van der Waals surface area contributed by atoms with Crippen LogP contribution in [0.25, 0.3) is 11.3 Å². The quantitative estimate of drug-likeness (QED) is 0.942. The van der Waals surface area contributed by atoms with Gasteiger partial charge in [0.2, 0.25) is 0 Å². The topological polar surface area (TPSA) is 56.7 Å². The molecule has 0 radical (unpaired) electrons. The normalized spacial score (nSPS) is 10.8. The van der Waals surface area contributed by atoms with Crippen LogP contribution in [-0.2, 0) is 6.54 Å². The van der Waals surface area contributed by atoms with Crippen molar-refractivity contribution in [1.82, 2.24) is 15.0 Å². The lowest BCUT2D eigenvalue weighted by molar-refractivity contribution is 0.564. The first kappa shape index (κ1) is 12.3. The number of benzene rings is 1. The summed E-state index contributed by atoms with van der Waals surface area (Å²) >= 11 is 3.52. The minimum Gasteiger partial charge on any atom is -0.330 e. The van der Waals surface area contributed by atoms with E-state index >= 15 is 0 Å². The molecule has 0 aliphatic carbocycles. The Bertz CT molecular complexity index is 507. The summed E-state index contributed by atoms with van der Waals surface area (Å²) in [6.07, 6.45) is 2.87. The molecule has 0 aliphatic rings. The van der Waals surface area contributed by atoms with Crippen LogP contribution < -0.4 is 5.73 Å². The van der Waals surface area contributed by atoms with Crippen LogP contribution in [0.2, 0.25) is 0 Å². The molecule has 1 aromatic carbocycles. The molecule has 0 bridgehead atoms. The van der Waals surface area contributed by atoms with Gasteiger partial charge >= 0.3 is 0 Å². The summed E-state index contributed by atoms with van der Waals surface area (Å²) in [6, 6.07) is 6.18. The van der Waals surface area contributed by atoms with E-state index in [9.17, 15) is 0 Å². The second-order valence-electron chi connectivity index (χ2n) is 3.97. The van der Waals surface area contributed by atoms with Crippen molar-refractivity contribution in [1.29, 1.82) is 0 Å². The Morgan fingerprint density at radius 3 is 2.94 bits per heavy atom. The number of nitrogens with two attached hydrogens (primary N) is 1. The van der Waals surface area contributed by atoms with E-state index in [0.717, 1.165) is 28.7 Å².